The fourth-order valence-electron chi connectivity index (χ4n) is 6.11. The lowest BCUT2D eigenvalue weighted by molar-refractivity contribution is 0.477. The maximum atomic E-state index is 6.29. The topological polar surface area (TPSA) is 65.2 Å². The molecule has 0 saturated heterocycles. The quantitative estimate of drug-likeness (QED) is 0.233. The van der Waals surface area contributed by atoms with Crippen LogP contribution in [0.4, 0.5) is 17.7 Å². The molecule has 1 aliphatic rings. The largest absolute Gasteiger partial charge is 0.430 e. The minimum atomic E-state index is 0.377. The molecule has 4 aromatic heterocycles. The SMILES string of the molecule is Cc1cc(C)n(-c2coc3oc(N(c4ccccc4)c4nc5c6c(ccc5n4C)CCc4ccccc4-6)nc23)c1. The highest BCUT2D eigenvalue weighted by Gasteiger charge is 2.28. The van der Waals surface area contributed by atoms with Crippen LogP contribution in [0.1, 0.15) is 22.4 Å². The molecule has 7 aromatic rings. The number of benzene rings is 3. The number of nitrogens with zero attached hydrogens (tertiary/aromatic N) is 5. The van der Waals surface area contributed by atoms with Gasteiger partial charge in [0, 0.05) is 24.5 Å². The summed E-state index contributed by atoms with van der Waals surface area (Å²) in [7, 11) is 2.05. The van der Waals surface area contributed by atoms with Gasteiger partial charge >= 0.3 is 11.8 Å². The molecule has 4 heterocycles. The number of hydrogen-bond acceptors (Lipinski definition) is 5. The summed E-state index contributed by atoms with van der Waals surface area (Å²) in [6, 6.07) is 25.7. The van der Waals surface area contributed by atoms with Gasteiger partial charge in [-0.25, -0.2) is 9.88 Å². The Hall–Kier alpha value is -5.04. The summed E-state index contributed by atoms with van der Waals surface area (Å²) in [5.74, 6) is 1.10. The molecule has 0 N–H and O–H groups in total. The second-order valence-corrected chi connectivity index (χ2v) is 10.5. The van der Waals surface area contributed by atoms with Crippen molar-refractivity contribution in [1.82, 2.24) is 19.1 Å². The zero-order chi connectivity index (χ0) is 27.0. The molecule has 0 atom stereocenters. The van der Waals surface area contributed by atoms with E-state index in [-0.39, 0.29) is 0 Å². The smallest absolute Gasteiger partial charge is 0.321 e. The Kier molecular flexibility index (Phi) is 4.85. The summed E-state index contributed by atoms with van der Waals surface area (Å²) in [6.07, 6.45) is 5.83. The highest BCUT2D eigenvalue weighted by molar-refractivity contribution is 5.98. The Bertz CT molecular complexity index is 2060. The minimum absolute atomic E-state index is 0.377. The van der Waals surface area contributed by atoms with Crippen molar-refractivity contribution in [3.63, 3.8) is 0 Å². The Morgan fingerprint density at radius 3 is 2.48 bits per heavy atom. The molecule has 0 unspecified atom stereocenters. The molecule has 3 aromatic carbocycles. The predicted molar refractivity (Wildman–Crippen MR) is 157 cm³/mol. The van der Waals surface area contributed by atoms with E-state index < -0.39 is 0 Å². The van der Waals surface area contributed by atoms with Gasteiger partial charge in [0.05, 0.1) is 16.7 Å². The molecular weight excluding hydrogens is 498 g/mol. The average molecular weight is 526 g/mol. The van der Waals surface area contributed by atoms with Crippen molar-refractivity contribution in [3.05, 3.63) is 108 Å². The molecule has 7 heteroatoms. The summed E-state index contributed by atoms with van der Waals surface area (Å²) >= 11 is 0. The number of furan rings is 1. The van der Waals surface area contributed by atoms with E-state index in [0.29, 0.717) is 17.3 Å². The molecule has 196 valence electrons. The first-order chi connectivity index (χ1) is 19.6. The number of imidazole rings is 1. The third kappa shape index (κ3) is 3.30. The van der Waals surface area contributed by atoms with Crippen LogP contribution in [-0.4, -0.2) is 19.1 Å². The lowest BCUT2D eigenvalue weighted by Gasteiger charge is -2.20. The second kappa shape index (κ2) is 8.48. The molecule has 7 nitrogen and oxygen atoms in total. The maximum absolute atomic E-state index is 6.29. The van der Waals surface area contributed by atoms with Gasteiger partial charge in [-0.3, -0.25) is 0 Å². The second-order valence-electron chi connectivity index (χ2n) is 10.5. The standard InChI is InChI=1S/C33H27N5O2/c1-20-17-21(2)37(18-20)27-19-39-31-30(27)35-33(40-31)38(24-10-5-4-6-11-24)32-34-29-26(36(32)3)16-15-23-14-13-22-9-7-8-12-25(22)28(23)29/h4-12,15-19H,13-14H2,1-3H3. The number of anilines is 3. The Morgan fingerprint density at radius 1 is 0.850 bits per heavy atom. The molecule has 1 aliphatic carbocycles. The van der Waals surface area contributed by atoms with Gasteiger partial charge in [-0.15, -0.1) is 0 Å². The van der Waals surface area contributed by atoms with Crippen molar-refractivity contribution in [2.75, 3.05) is 4.90 Å². The zero-order valence-electron chi connectivity index (χ0n) is 22.5. The minimum Gasteiger partial charge on any atom is -0.430 e. The van der Waals surface area contributed by atoms with E-state index in [1.807, 2.05) is 42.3 Å². The highest BCUT2D eigenvalue weighted by atomic mass is 16.5. The lowest BCUT2D eigenvalue weighted by atomic mass is 9.85. The van der Waals surface area contributed by atoms with Crippen LogP contribution >= 0.6 is 0 Å². The van der Waals surface area contributed by atoms with Crippen molar-refractivity contribution in [2.24, 2.45) is 7.05 Å². The van der Waals surface area contributed by atoms with Crippen LogP contribution in [-0.2, 0) is 19.9 Å². The van der Waals surface area contributed by atoms with Crippen LogP contribution in [0, 0.1) is 13.8 Å². The van der Waals surface area contributed by atoms with Crippen LogP contribution in [0.15, 0.2) is 94.1 Å². The van der Waals surface area contributed by atoms with E-state index in [1.165, 1.54) is 27.8 Å². The van der Waals surface area contributed by atoms with Gasteiger partial charge < -0.3 is 18.0 Å². The molecule has 0 bridgehead atoms. The molecule has 40 heavy (non-hydrogen) atoms. The van der Waals surface area contributed by atoms with E-state index in [0.717, 1.165) is 46.9 Å². The van der Waals surface area contributed by atoms with Crippen LogP contribution < -0.4 is 4.90 Å². The monoisotopic (exact) mass is 525 g/mol. The fraction of sp³-hybridized carbons (Fsp3) is 0.152. The summed E-state index contributed by atoms with van der Waals surface area (Å²) in [5.41, 5.74) is 11.9. The van der Waals surface area contributed by atoms with Crippen molar-refractivity contribution in [1.29, 1.82) is 0 Å². The number of rotatable bonds is 4. The Balaban J connectivity index is 1.35. The predicted octanol–water partition coefficient (Wildman–Crippen LogP) is 7.95. The summed E-state index contributed by atoms with van der Waals surface area (Å²) < 4.78 is 16.4. The number of fused-ring (bicyclic) bond motifs is 6. The van der Waals surface area contributed by atoms with Gasteiger partial charge in [0.1, 0.15) is 12.0 Å². The van der Waals surface area contributed by atoms with E-state index in [2.05, 4.69) is 71.6 Å². The van der Waals surface area contributed by atoms with Gasteiger partial charge in [-0.05, 0) is 73.2 Å². The third-order valence-corrected chi connectivity index (χ3v) is 7.99. The zero-order valence-corrected chi connectivity index (χ0v) is 22.5. The third-order valence-electron chi connectivity index (χ3n) is 7.99. The molecule has 8 rings (SSSR count). The number of aryl methyl sites for hydroxylation is 5. The molecule has 0 fully saturated rings. The molecular formula is C33H27N5O2. The fourth-order valence-corrected chi connectivity index (χ4v) is 6.11. The van der Waals surface area contributed by atoms with Gasteiger partial charge in [-0.2, -0.15) is 4.98 Å². The van der Waals surface area contributed by atoms with E-state index in [9.17, 15) is 0 Å². The van der Waals surface area contributed by atoms with Gasteiger partial charge in [0.25, 0.3) is 0 Å². The molecule has 0 amide bonds. The van der Waals surface area contributed by atoms with Crippen LogP contribution in [0.5, 0.6) is 0 Å². The van der Waals surface area contributed by atoms with Gasteiger partial charge in [0.15, 0.2) is 5.52 Å². The molecule has 0 spiro atoms. The number of para-hydroxylation sites is 1. The highest BCUT2D eigenvalue weighted by Crippen LogP contribution is 2.42. The first-order valence-electron chi connectivity index (χ1n) is 13.5. The van der Waals surface area contributed by atoms with Crippen LogP contribution in [0.2, 0.25) is 0 Å². The number of oxazole rings is 1. The molecule has 0 aliphatic heterocycles. The van der Waals surface area contributed by atoms with Crippen molar-refractivity contribution < 1.29 is 8.83 Å². The number of hydrogen-bond donors (Lipinski definition) is 0. The summed E-state index contributed by atoms with van der Waals surface area (Å²) in [4.78, 5) is 12.2. The lowest BCUT2D eigenvalue weighted by Crippen LogP contribution is -2.14. The van der Waals surface area contributed by atoms with E-state index >= 15 is 0 Å². The molecule has 0 radical (unpaired) electrons. The van der Waals surface area contributed by atoms with Gasteiger partial charge in [0.2, 0.25) is 5.95 Å². The summed E-state index contributed by atoms with van der Waals surface area (Å²) in [6.45, 7) is 4.15. The average Bonchev–Trinajstić information content (AvgIpc) is 3.72. The van der Waals surface area contributed by atoms with Crippen LogP contribution in [0.3, 0.4) is 0 Å². The van der Waals surface area contributed by atoms with Crippen molar-refractivity contribution in [3.8, 4) is 16.8 Å². The first kappa shape index (κ1) is 22.9. The maximum Gasteiger partial charge on any atom is 0.321 e. The van der Waals surface area contributed by atoms with E-state index in [4.69, 9.17) is 18.8 Å². The normalized spacial score (nSPS) is 12.7. The van der Waals surface area contributed by atoms with Crippen molar-refractivity contribution in [2.45, 2.75) is 26.7 Å². The van der Waals surface area contributed by atoms with E-state index in [1.54, 1.807) is 6.26 Å². The number of aromatic nitrogens is 4. The van der Waals surface area contributed by atoms with Crippen LogP contribution in [0.25, 0.3) is 39.1 Å². The van der Waals surface area contributed by atoms with Gasteiger partial charge in [-0.1, -0.05) is 48.5 Å². The Morgan fingerprint density at radius 2 is 1.65 bits per heavy atom. The first-order valence-corrected chi connectivity index (χ1v) is 13.5. The summed E-state index contributed by atoms with van der Waals surface area (Å²) in [5, 5.41) is 0. The van der Waals surface area contributed by atoms with Crippen molar-refractivity contribution >= 4 is 40.0 Å². The molecule has 0 saturated carbocycles. The Labute approximate surface area is 230 Å².